The summed E-state index contributed by atoms with van der Waals surface area (Å²) in [7, 11) is 1.66. The third kappa shape index (κ3) is 4.15. The van der Waals surface area contributed by atoms with Crippen LogP contribution in [0.15, 0.2) is 47.3 Å². The van der Waals surface area contributed by atoms with Crippen molar-refractivity contribution in [3.63, 3.8) is 0 Å². The van der Waals surface area contributed by atoms with Crippen LogP contribution in [-0.4, -0.2) is 28.2 Å². The Morgan fingerprint density at radius 2 is 1.90 bits per heavy atom. The fraction of sp³-hybridized carbons (Fsp3) is 0.304. The molecule has 0 atom stereocenters. The maximum atomic E-state index is 13.3. The second-order valence-electron chi connectivity index (χ2n) is 7.51. The predicted molar refractivity (Wildman–Crippen MR) is 125 cm³/mol. The number of para-hydroxylation sites is 1. The summed E-state index contributed by atoms with van der Waals surface area (Å²) in [6.45, 7) is 5.39. The van der Waals surface area contributed by atoms with E-state index in [0.29, 0.717) is 42.3 Å². The van der Waals surface area contributed by atoms with E-state index < -0.39 is 0 Å². The first-order valence-electron chi connectivity index (χ1n) is 10.1. The Morgan fingerprint density at radius 1 is 1.13 bits per heavy atom. The molecular weight excluding hydrogens is 435 g/mol. The number of hydrogen-bond acceptors (Lipinski definition) is 5. The van der Waals surface area contributed by atoms with Gasteiger partial charge in [-0.05, 0) is 37.6 Å². The van der Waals surface area contributed by atoms with Crippen molar-refractivity contribution in [2.24, 2.45) is 0 Å². The number of halogens is 2. The Hall–Kier alpha value is -2.54. The lowest BCUT2D eigenvalue weighted by Crippen LogP contribution is -2.47. The summed E-state index contributed by atoms with van der Waals surface area (Å²) in [6, 6.07) is 13.2. The van der Waals surface area contributed by atoms with Gasteiger partial charge in [-0.15, -0.1) is 0 Å². The van der Waals surface area contributed by atoms with Gasteiger partial charge in [0.2, 0.25) is 5.95 Å². The van der Waals surface area contributed by atoms with E-state index in [4.69, 9.17) is 32.9 Å². The molecule has 162 valence electrons. The quantitative estimate of drug-likeness (QED) is 0.538. The smallest absolute Gasteiger partial charge is 0.259 e. The molecule has 0 unspecified atom stereocenters. The van der Waals surface area contributed by atoms with Gasteiger partial charge in [-0.2, -0.15) is 0 Å². The number of fused-ring (bicyclic) bond motifs is 1. The molecule has 1 aliphatic rings. The Labute approximate surface area is 191 Å². The van der Waals surface area contributed by atoms with Gasteiger partial charge in [0.1, 0.15) is 5.75 Å². The largest absolute Gasteiger partial charge is 0.496 e. The van der Waals surface area contributed by atoms with Crippen molar-refractivity contribution in [3.05, 3.63) is 79.7 Å². The zero-order valence-electron chi connectivity index (χ0n) is 17.7. The topological polar surface area (TPSA) is 50.6 Å². The molecule has 0 bridgehead atoms. The number of anilines is 2. The van der Waals surface area contributed by atoms with Crippen molar-refractivity contribution in [3.8, 4) is 5.75 Å². The molecule has 0 N–H and O–H groups in total. The summed E-state index contributed by atoms with van der Waals surface area (Å²) in [5, 5.41) is 1.06. The normalized spacial score (nSPS) is 13.9. The second-order valence-corrected chi connectivity index (χ2v) is 8.35. The number of aryl methyl sites for hydroxylation is 1. The van der Waals surface area contributed by atoms with E-state index in [9.17, 15) is 4.79 Å². The van der Waals surface area contributed by atoms with Crippen LogP contribution in [0.3, 0.4) is 0 Å². The number of rotatable bonds is 5. The van der Waals surface area contributed by atoms with Gasteiger partial charge in [-0.1, -0.05) is 48.3 Å². The molecule has 0 spiro atoms. The predicted octanol–water partition coefficient (Wildman–Crippen LogP) is 5.00. The van der Waals surface area contributed by atoms with Crippen LogP contribution >= 0.6 is 23.2 Å². The first-order chi connectivity index (χ1) is 14.9. The zero-order chi connectivity index (χ0) is 22.1. The molecule has 2 aromatic carbocycles. The molecule has 0 fully saturated rings. The minimum atomic E-state index is -0.0233. The molecule has 0 saturated heterocycles. The van der Waals surface area contributed by atoms with Crippen LogP contribution in [0, 0.1) is 6.92 Å². The molecule has 0 saturated carbocycles. The molecule has 8 heteroatoms. The van der Waals surface area contributed by atoms with Gasteiger partial charge in [0.05, 0.1) is 31.2 Å². The SMILES string of the molecule is CCc1c(C)nc2n(c1=O)CN(Cc1ccccc1OC)CN2c1ccc(Cl)cc1Cl. The Kier molecular flexibility index (Phi) is 6.23. The number of nitrogens with zero attached hydrogens (tertiary/aromatic N) is 4. The molecular formula is C23H24Cl2N4O2. The Bertz CT molecular complexity index is 1180. The van der Waals surface area contributed by atoms with Crippen molar-refractivity contribution in [2.75, 3.05) is 18.7 Å². The highest BCUT2D eigenvalue weighted by atomic mass is 35.5. The lowest BCUT2D eigenvalue weighted by molar-refractivity contribution is 0.187. The van der Waals surface area contributed by atoms with Gasteiger partial charge in [0.15, 0.2) is 0 Å². The number of methoxy groups -OCH3 is 1. The summed E-state index contributed by atoms with van der Waals surface area (Å²) >= 11 is 12.7. The van der Waals surface area contributed by atoms with Gasteiger partial charge in [-0.3, -0.25) is 19.2 Å². The minimum Gasteiger partial charge on any atom is -0.496 e. The highest BCUT2D eigenvalue weighted by Crippen LogP contribution is 2.35. The summed E-state index contributed by atoms with van der Waals surface area (Å²) in [6.07, 6.45) is 0.631. The summed E-state index contributed by atoms with van der Waals surface area (Å²) in [4.78, 5) is 22.2. The van der Waals surface area contributed by atoms with Crippen LogP contribution in [0.4, 0.5) is 11.6 Å². The van der Waals surface area contributed by atoms with E-state index in [1.165, 1.54) is 0 Å². The molecule has 2 heterocycles. The van der Waals surface area contributed by atoms with Gasteiger partial charge in [0, 0.05) is 28.4 Å². The zero-order valence-corrected chi connectivity index (χ0v) is 19.2. The maximum absolute atomic E-state index is 13.3. The van der Waals surface area contributed by atoms with Crippen LogP contribution in [0.2, 0.25) is 10.0 Å². The molecule has 1 aliphatic heterocycles. The highest BCUT2D eigenvalue weighted by molar-refractivity contribution is 6.36. The average Bonchev–Trinajstić information content (AvgIpc) is 2.75. The number of benzene rings is 2. The molecule has 31 heavy (non-hydrogen) atoms. The van der Waals surface area contributed by atoms with Crippen molar-refractivity contribution < 1.29 is 4.74 Å². The van der Waals surface area contributed by atoms with Gasteiger partial charge in [-0.25, -0.2) is 4.98 Å². The van der Waals surface area contributed by atoms with E-state index in [-0.39, 0.29) is 5.56 Å². The minimum absolute atomic E-state index is 0.0233. The average molecular weight is 459 g/mol. The number of aromatic nitrogens is 2. The van der Waals surface area contributed by atoms with E-state index in [1.807, 2.05) is 49.1 Å². The van der Waals surface area contributed by atoms with E-state index in [2.05, 4.69) is 4.90 Å². The third-order valence-electron chi connectivity index (χ3n) is 5.51. The van der Waals surface area contributed by atoms with Gasteiger partial charge in [0.25, 0.3) is 5.56 Å². The van der Waals surface area contributed by atoms with E-state index in [0.717, 1.165) is 28.3 Å². The molecule has 1 aromatic heterocycles. The first kappa shape index (κ1) is 21.7. The van der Waals surface area contributed by atoms with Crippen LogP contribution in [-0.2, 0) is 19.6 Å². The number of ether oxygens (including phenoxy) is 1. The first-order valence-corrected chi connectivity index (χ1v) is 10.9. The fourth-order valence-electron chi connectivity index (χ4n) is 3.99. The lowest BCUT2D eigenvalue weighted by atomic mass is 10.1. The van der Waals surface area contributed by atoms with Crippen LogP contribution in [0.25, 0.3) is 0 Å². The van der Waals surface area contributed by atoms with Crippen LogP contribution < -0.4 is 15.2 Å². The van der Waals surface area contributed by atoms with Crippen LogP contribution in [0.5, 0.6) is 5.75 Å². The third-order valence-corrected chi connectivity index (χ3v) is 6.05. The maximum Gasteiger partial charge on any atom is 0.259 e. The summed E-state index contributed by atoms with van der Waals surface area (Å²) in [5.41, 5.74) is 3.24. The van der Waals surface area contributed by atoms with Gasteiger partial charge < -0.3 is 4.74 Å². The Balaban J connectivity index is 1.82. The summed E-state index contributed by atoms with van der Waals surface area (Å²) in [5.74, 6) is 1.40. The lowest BCUT2D eigenvalue weighted by Gasteiger charge is -2.39. The molecule has 0 amide bonds. The van der Waals surface area contributed by atoms with Crippen molar-refractivity contribution in [1.82, 2.24) is 14.5 Å². The molecule has 0 radical (unpaired) electrons. The van der Waals surface area contributed by atoms with E-state index in [1.54, 1.807) is 23.8 Å². The molecule has 0 aliphatic carbocycles. The molecule has 3 aromatic rings. The van der Waals surface area contributed by atoms with Crippen molar-refractivity contribution in [2.45, 2.75) is 33.5 Å². The van der Waals surface area contributed by atoms with Gasteiger partial charge >= 0.3 is 0 Å². The van der Waals surface area contributed by atoms with E-state index >= 15 is 0 Å². The van der Waals surface area contributed by atoms with Crippen LogP contribution in [0.1, 0.15) is 23.7 Å². The monoisotopic (exact) mass is 458 g/mol. The standard InChI is InChI=1S/C23H24Cl2N4O2/c1-4-18-15(2)26-23-28(20-10-9-17(24)11-19(20)25)13-27(14-29(23)22(18)30)12-16-7-5-6-8-21(16)31-3/h5-11H,4,12-14H2,1-3H3. The Morgan fingerprint density at radius 3 is 2.61 bits per heavy atom. The number of hydrogen-bond donors (Lipinski definition) is 0. The van der Waals surface area contributed by atoms with Crippen molar-refractivity contribution >= 4 is 34.8 Å². The molecule has 4 rings (SSSR count). The highest BCUT2D eigenvalue weighted by Gasteiger charge is 2.29. The summed E-state index contributed by atoms with van der Waals surface area (Å²) < 4.78 is 7.24. The molecule has 6 nitrogen and oxygen atoms in total. The van der Waals surface area contributed by atoms with Crippen molar-refractivity contribution in [1.29, 1.82) is 0 Å². The second kappa shape index (κ2) is 8.91. The fourth-order valence-corrected chi connectivity index (χ4v) is 4.50.